The molecule has 0 radical (unpaired) electrons. The van der Waals surface area contributed by atoms with Crippen molar-refractivity contribution < 1.29 is 18.0 Å². The molecule has 8 heteroatoms. The van der Waals surface area contributed by atoms with Gasteiger partial charge in [0.2, 0.25) is 5.95 Å². The summed E-state index contributed by atoms with van der Waals surface area (Å²) in [6, 6.07) is 6.85. The van der Waals surface area contributed by atoms with Gasteiger partial charge in [0.15, 0.2) is 5.78 Å². The summed E-state index contributed by atoms with van der Waals surface area (Å²) in [6.07, 6.45) is -2.83. The first-order valence-corrected chi connectivity index (χ1v) is 8.93. The molecule has 1 N–H and O–H groups in total. The van der Waals surface area contributed by atoms with Gasteiger partial charge in [-0.05, 0) is 29.9 Å². The number of nitrogens with one attached hydrogen (secondary N) is 1. The molecule has 2 atom stereocenters. The number of halogens is 3. The van der Waals surface area contributed by atoms with Crippen LogP contribution >= 0.6 is 0 Å². The van der Waals surface area contributed by atoms with Gasteiger partial charge in [0.05, 0.1) is 0 Å². The Balaban J connectivity index is 1.88. The van der Waals surface area contributed by atoms with E-state index in [9.17, 15) is 18.0 Å². The molecule has 0 fully saturated rings. The predicted molar refractivity (Wildman–Crippen MR) is 93.0 cm³/mol. The van der Waals surface area contributed by atoms with Crippen LogP contribution in [0, 0.1) is 5.92 Å². The largest absolute Gasteiger partial charge is 0.453 e. The van der Waals surface area contributed by atoms with Crippen molar-refractivity contribution in [1.29, 1.82) is 0 Å². The summed E-state index contributed by atoms with van der Waals surface area (Å²) in [5, 5.41) is 6.62. The number of carbonyl (C=O) groups excluding carboxylic acids is 1. The van der Waals surface area contributed by atoms with E-state index >= 15 is 0 Å². The van der Waals surface area contributed by atoms with Crippen molar-refractivity contribution in [2.45, 2.75) is 45.3 Å². The van der Waals surface area contributed by atoms with Gasteiger partial charge in [-0.3, -0.25) is 4.79 Å². The molecule has 27 heavy (non-hydrogen) atoms. The van der Waals surface area contributed by atoms with Crippen molar-refractivity contribution in [1.82, 2.24) is 14.8 Å². The molecule has 2 aliphatic rings. The number of rotatable bonds is 2. The second-order valence-corrected chi connectivity index (χ2v) is 7.15. The van der Waals surface area contributed by atoms with Crippen LogP contribution in [0.15, 0.2) is 35.5 Å². The van der Waals surface area contributed by atoms with E-state index in [0.29, 0.717) is 24.1 Å². The second-order valence-electron chi connectivity index (χ2n) is 7.15. The summed E-state index contributed by atoms with van der Waals surface area (Å²) < 4.78 is 40.7. The van der Waals surface area contributed by atoms with Crippen LogP contribution in [0.1, 0.15) is 49.7 Å². The molecule has 0 spiro atoms. The molecule has 1 aromatic carbocycles. The van der Waals surface area contributed by atoms with Gasteiger partial charge in [-0.2, -0.15) is 18.2 Å². The van der Waals surface area contributed by atoms with E-state index in [1.807, 2.05) is 38.1 Å². The Bertz CT molecular complexity index is 927. The van der Waals surface area contributed by atoms with Gasteiger partial charge >= 0.3 is 6.18 Å². The van der Waals surface area contributed by atoms with Crippen molar-refractivity contribution in [3.8, 4) is 0 Å². The molecule has 142 valence electrons. The molecule has 1 aliphatic carbocycles. The highest BCUT2D eigenvalue weighted by molar-refractivity contribution is 5.99. The van der Waals surface area contributed by atoms with Crippen LogP contribution < -0.4 is 5.32 Å². The molecule has 1 aromatic heterocycles. The molecule has 4 rings (SSSR count). The quantitative estimate of drug-likeness (QED) is 0.856. The number of aryl methyl sites for hydroxylation is 1. The van der Waals surface area contributed by atoms with E-state index in [1.165, 1.54) is 4.68 Å². The van der Waals surface area contributed by atoms with E-state index in [4.69, 9.17) is 0 Å². The first-order valence-electron chi connectivity index (χ1n) is 8.93. The fourth-order valence-corrected chi connectivity index (χ4v) is 3.77. The molecule has 5 nitrogen and oxygen atoms in total. The van der Waals surface area contributed by atoms with Gasteiger partial charge in [0, 0.05) is 17.7 Å². The van der Waals surface area contributed by atoms with Crippen molar-refractivity contribution in [2.75, 3.05) is 5.32 Å². The summed E-state index contributed by atoms with van der Waals surface area (Å²) in [7, 11) is 0. The van der Waals surface area contributed by atoms with Crippen molar-refractivity contribution >= 4 is 11.7 Å². The van der Waals surface area contributed by atoms with Crippen LogP contribution in [-0.2, 0) is 17.4 Å². The highest BCUT2D eigenvalue weighted by atomic mass is 19.4. The Labute approximate surface area is 154 Å². The van der Waals surface area contributed by atoms with Crippen LogP contribution in [0.2, 0.25) is 0 Å². The maximum absolute atomic E-state index is 13.2. The molecular formula is C19H19F3N4O. The monoisotopic (exact) mass is 376 g/mol. The number of fused-ring (bicyclic) bond motifs is 1. The highest BCUT2D eigenvalue weighted by Gasteiger charge is 2.42. The van der Waals surface area contributed by atoms with Crippen molar-refractivity contribution in [3.63, 3.8) is 0 Å². The zero-order chi connectivity index (χ0) is 19.3. The van der Waals surface area contributed by atoms with Crippen molar-refractivity contribution in [3.05, 3.63) is 52.5 Å². The van der Waals surface area contributed by atoms with Gasteiger partial charge < -0.3 is 5.32 Å². The molecule has 2 aromatic rings. The number of benzene rings is 1. The minimum Gasteiger partial charge on any atom is -0.328 e. The highest BCUT2D eigenvalue weighted by Crippen LogP contribution is 2.42. The smallest absolute Gasteiger partial charge is 0.328 e. The second kappa shape index (κ2) is 6.21. The number of aromatic nitrogens is 3. The average Bonchev–Trinajstić information content (AvgIpc) is 3.04. The third-order valence-electron chi connectivity index (χ3n) is 5.08. The normalized spacial score (nSPS) is 22.3. The average molecular weight is 376 g/mol. The van der Waals surface area contributed by atoms with Crippen molar-refractivity contribution in [2.24, 2.45) is 5.92 Å². The lowest BCUT2D eigenvalue weighted by atomic mass is 9.81. The number of hydrogen-bond donors (Lipinski definition) is 1. The third-order valence-corrected chi connectivity index (χ3v) is 5.08. The van der Waals surface area contributed by atoms with Gasteiger partial charge in [0.25, 0.3) is 5.82 Å². The molecule has 2 heterocycles. The fourth-order valence-electron chi connectivity index (χ4n) is 3.77. The lowest BCUT2D eigenvalue weighted by Gasteiger charge is -2.34. The number of carbonyl (C=O) groups is 1. The molecule has 0 saturated carbocycles. The predicted octanol–water partition coefficient (Wildman–Crippen LogP) is 4.13. The SMILES string of the molecule is CCc1ccc([C@@H]2C3=C(C[C@H](C)CC3=O)Nc3nc(C(F)(F)F)nn32)cc1. The van der Waals surface area contributed by atoms with E-state index in [2.05, 4.69) is 15.4 Å². The molecule has 1 aliphatic heterocycles. The Hall–Kier alpha value is -2.64. The maximum atomic E-state index is 13.2. The number of anilines is 1. The first kappa shape index (κ1) is 17.8. The van der Waals surface area contributed by atoms with E-state index in [0.717, 1.165) is 17.5 Å². The molecule has 0 amide bonds. The Morgan fingerprint density at radius 3 is 2.56 bits per heavy atom. The van der Waals surface area contributed by atoms with Crippen LogP contribution in [0.3, 0.4) is 0 Å². The van der Waals surface area contributed by atoms with Crippen LogP contribution in [-0.4, -0.2) is 20.5 Å². The number of Topliss-reactive ketones (excluding diaryl/α,β-unsaturated/α-hetero) is 1. The molecular weight excluding hydrogens is 357 g/mol. The number of nitrogens with zero attached hydrogens (tertiary/aromatic N) is 3. The fraction of sp³-hybridized carbons (Fsp3) is 0.421. The topological polar surface area (TPSA) is 59.8 Å². The minimum absolute atomic E-state index is 0.0209. The van der Waals surface area contributed by atoms with Crippen LogP contribution in [0.25, 0.3) is 0 Å². The molecule has 0 bridgehead atoms. The summed E-state index contributed by atoms with van der Waals surface area (Å²) in [5.41, 5.74) is 2.98. The zero-order valence-corrected chi connectivity index (χ0v) is 15.0. The first-order chi connectivity index (χ1) is 12.8. The molecule has 0 unspecified atom stereocenters. The number of ketones is 1. The van der Waals surface area contributed by atoms with Crippen LogP contribution in [0.5, 0.6) is 0 Å². The Kier molecular flexibility index (Phi) is 4.09. The van der Waals surface area contributed by atoms with Crippen LogP contribution in [0.4, 0.5) is 19.1 Å². The summed E-state index contributed by atoms with van der Waals surface area (Å²) in [4.78, 5) is 16.4. The summed E-state index contributed by atoms with van der Waals surface area (Å²) >= 11 is 0. The lowest BCUT2D eigenvalue weighted by Crippen LogP contribution is -2.33. The zero-order valence-electron chi connectivity index (χ0n) is 15.0. The number of hydrogen-bond acceptors (Lipinski definition) is 4. The van der Waals surface area contributed by atoms with E-state index in [-0.39, 0.29) is 17.6 Å². The van der Waals surface area contributed by atoms with E-state index in [1.54, 1.807) is 0 Å². The van der Waals surface area contributed by atoms with E-state index < -0.39 is 18.0 Å². The van der Waals surface area contributed by atoms with Gasteiger partial charge in [0.1, 0.15) is 6.04 Å². The third kappa shape index (κ3) is 3.02. The van der Waals surface area contributed by atoms with Gasteiger partial charge in [-0.1, -0.05) is 38.1 Å². The number of allylic oxidation sites excluding steroid dienone is 2. The summed E-state index contributed by atoms with van der Waals surface area (Å²) in [6.45, 7) is 3.98. The summed E-state index contributed by atoms with van der Waals surface area (Å²) in [5.74, 6) is -1.12. The van der Waals surface area contributed by atoms with Gasteiger partial charge in [-0.25, -0.2) is 4.68 Å². The maximum Gasteiger partial charge on any atom is 0.453 e. The Morgan fingerprint density at radius 1 is 1.22 bits per heavy atom. The Morgan fingerprint density at radius 2 is 1.93 bits per heavy atom. The lowest BCUT2D eigenvalue weighted by molar-refractivity contribution is -0.145. The van der Waals surface area contributed by atoms with Gasteiger partial charge in [-0.15, -0.1) is 5.10 Å². The molecule has 0 saturated heterocycles. The standard InChI is InChI=1S/C19H19F3N4O/c1-3-11-4-6-12(7-5-11)16-15-13(8-10(2)9-14(15)27)23-18-24-17(19(20,21)22)25-26(16)18/h4-7,10,16H,3,8-9H2,1-2H3,(H,23,24,25)/t10-,16+/m0/s1. The minimum atomic E-state index is -4.65. The number of alkyl halides is 3.